The van der Waals surface area contributed by atoms with Crippen LogP contribution in [0.1, 0.15) is 18.4 Å². The highest BCUT2D eigenvalue weighted by Gasteiger charge is 2.31. The first-order valence-corrected chi connectivity index (χ1v) is 4.96. The lowest BCUT2D eigenvalue weighted by molar-refractivity contribution is -0.138. The maximum absolute atomic E-state index is 11.0. The van der Waals surface area contributed by atoms with E-state index in [0.29, 0.717) is 12.4 Å². The number of aromatic nitrogens is 2. The lowest BCUT2D eigenvalue weighted by Crippen LogP contribution is -2.36. The van der Waals surface area contributed by atoms with Crippen molar-refractivity contribution in [3.63, 3.8) is 0 Å². The summed E-state index contributed by atoms with van der Waals surface area (Å²) in [5.74, 6) is -0.276. The maximum Gasteiger partial charge on any atom is 0.326 e. The molecule has 0 saturated carbocycles. The number of carbonyl (C=O) groups is 1. The molecule has 5 heteroatoms. The zero-order valence-corrected chi connectivity index (χ0v) is 8.55. The number of carboxylic acids is 1. The third-order valence-corrected chi connectivity index (χ3v) is 2.56. The van der Waals surface area contributed by atoms with E-state index in [-0.39, 0.29) is 0 Å². The molecule has 1 aliphatic rings. The molecule has 1 N–H and O–H groups in total. The Morgan fingerprint density at radius 2 is 2.20 bits per heavy atom. The van der Waals surface area contributed by atoms with Gasteiger partial charge in [0.05, 0.1) is 0 Å². The van der Waals surface area contributed by atoms with E-state index in [0.717, 1.165) is 18.5 Å². The fraction of sp³-hybridized carbons (Fsp3) is 0.500. The molecule has 0 aliphatic carbocycles. The molecule has 1 fully saturated rings. The molecule has 1 aliphatic heterocycles. The van der Waals surface area contributed by atoms with E-state index in [1.807, 2.05) is 6.92 Å². The summed E-state index contributed by atoms with van der Waals surface area (Å²) in [5.41, 5.74) is 0.977. The zero-order chi connectivity index (χ0) is 10.8. The summed E-state index contributed by atoms with van der Waals surface area (Å²) in [6, 6.07) is -0.465. The van der Waals surface area contributed by atoms with Crippen LogP contribution in [-0.2, 0) is 4.79 Å². The molecular weight excluding hydrogens is 194 g/mol. The van der Waals surface area contributed by atoms with E-state index in [1.54, 1.807) is 17.3 Å². The number of nitrogens with zero attached hydrogens (tertiary/aromatic N) is 3. The lowest BCUT2D eigenvalue weighted by Gasteiger charge is -2.20. The molecule has 0 aromatic carbocycles. The first-order chi connectivity index (χ1) is 7.18. The van der Waals surface area contributed by atoms with Gasteiger partial charge in [0.15, 0.2) is 0 Å². The Hall–Kier alpha value is -1.65. The van der Waals surface area contributed by atoms with Gasteiger partial charge in [-0.1, -0.05) is 0 Å². The summed E-state index contributed by atoms with van der Waals surface area (Å²) in [5, 5.41) is 9.00. The molecule has 0 bridgehead atoms. The Kier molecular flexibility index (Phi) is 2.53. The maximum atomic E-state index is 11.0. The minimum atomic E-state index is -0.795. The van der Waals surface area contributed by atoms with Crippen molar-refractivity contribution < 1.29 is 9.90 Å². The third-order valence-electron chi connectivity index (χ3n) is 2.56. The minimum Gasteiger partial charge on any atom is -0.480 e. The molecule has 1 atom stereocenters. The summed E-state index contributed by atoms with van der Waals surface area (Å²) < 4.78 is 0. The van der Waals surface area contributed by atoms with Crippen LogP contribution >= 0.6 is 0 Å². The summed E-state index contributed by atoms with van der Waals surface area (Å²) in [7, 11) is 0. The molecule has 5 nitrogen and oxygen atoms in total. The molecule has 0 radical (unpaired) electrons. The van der Waals surface area contributed by atoms with Gasteiger partial charge in [-0.3, -0.25) is 0 Å². The van der Waals surface area contributed by atoms with Crippen molar-refractivity contribution in [1.29, 1.82) is 0 Å². The second-order valence-corrected chi connectivity index (χ2v) is 3.75. The summed E-state index contributed by atoms with van der Waals surface area (Å²) in [4.78, 5) is 21.0. The molecule has 15 heavy (non-hydrogen) atoms. The smallest absolute Gasteiger partial charge is 0.326 e. The van der Waals surface area contributed by atoms with Crippen LogP contribution < -0.4 is 4.90 Å². The molecule has 1 aromatic heterocycles. The van der Waals surface area contributed by atoms with Gasteiger partial charge in [0.25, 0.3) is 0 Å². The Morgan fingerprint density at radius 1 is 1.53 bits per heavy atom. The fourth-order valence-corrected chi connectivity index (χ4v) is 1.80. The summed E-state index contributed by atoms with van der Waals surface area (Å²) in [6.07, 6.45) is 4.97. The van der Waals surface area contributed by atoms with Gasteiger partial charge in [-0.2, -0.15) is 0 Å². The standard InChI is InChI=1S/C10H13N3O2/c1-7-5-11-10(12-6-7)13-4-2-3-8(13)9(14)15/h5-6,8H,2-4H2,1H3,(H,14,15)/t8-/m1/s1. The van der Waals surface area contributed by atoms with Crippen molar-refractivity contribution in [3.8, 4) is 0 Å². The first-order valence-electron chi connectivity index (χ1n) is 4.96. The van der Waals surface area contributed by atoms with Crippen molar-refractivity contribution in [1.82, 2.24) is 9.97 Å². The van der Waals surface area contributed by atoms with Crippen molar-refractivity contribution >= 4 is 11.9 Å². The Balaban J connectivity index is 2.22. The predicted molar refractivity (Wildman–Crippen MR) is 54.8 cm³/mol. The second kappa shape index (κ2) is 3.84. The third kappa shape index (κ3) is 1.91. The topological polar surface area (TPSA) is 66.3 Å². The van der Waals surface area contributed by atoms with Gasteiger partial charge in [-0.05, 0) is 25.3 Å². The van der Waals surface area contributed by atoms with E-state index < -0.39 is 12.0 Å². The van der Waals surface area contributed by atoms with Crippen molar-refractivity contribution in [2.45, 2.75) is 25.8 Å². The number of anilines is 1. The van der Waals surface area contributed by atoms with E-state index >= 15 is 0 Å². The number of aryl methyl sites for hydroxylation is 1. The predicted octanol–water partition coefficient (Wildman–Crippen LogP) is 0.838. The van der Waals surface area contributed by atoms with Gasteiger partial charge in [0, 0.05) is 18.9 Å². The fourth-order valence-electron chi connectivity index (χ4n) is 1.80. The van der Waals surface area contributed by atoms with Crippen molar-refractivity contribution in [3.05, 3.63) is 18.0 Å². The molecule has 0 unspecified atom stereocenters. The van der Waals surface area contributed by atoms with Crippen LogP contribution in [0.2, 0.25) is 0 Å². The molecule has 80 valence electrons. The number of aliphatic carboxylic acids is 1. The largest absolute Gasteiger partial charge is 0.480 e. The highest BCUT2D eigenvalue weighted by atomic mass is 16.4. The van der Waals surface area contributed by atoms with Crippen LogP contribution in [0.15, 0.2) is 12.4 Å². The van der Waals surface area contributed by atoms with Crippen LogP contribution in [0.3, 0.4) is 0 Å². The zero-order valence-electron chi connectivity index (χ0n) is 8.55. The van der Waals surface area contributed by atoms with Gasteiger partial charge in [-0.15, -0.1) is 0 Å². The Labute approximate surface area is 87.8 Å². The van der Waals surface area contributed by atoms with Crippen LogP contribution in [0, 0.1) is 6.92 Å². The number of carboxylic acid groups (broad SMARTS) is 1. The summed E-state index contributed by atoms with van der Waals surface area (Å²) in [6.45, 7) is 2.63. The van der Waals surface area contributed by atoms with Gasteiger partial charge < -0.3 is 10.0 Å². The quantitative estimate of drug-likeness (QED) is 0.778. The number of rotatable bonds is 2. The Morgan fingerprint density at radius 3 is 2.80 bits per heavy atom. The van der Waals surface area contributed by atoms with Crippen LogP contribution in [-0.4, -0.2) is 33.6 Å². The average Bonchev–Trinajstić information content (AvgIpc) is 2.67. The molecule has 2 rings (SSSR count). The van der Waals surface area contributed by atoms with E-state index in [4.69, 9.17) is 5.11 Å². The molecular formula is C10H13N3O2. The molecule has 1 aromatic rings. The highest BCUT2D eigenvalue weighted by Crippen LogP contribution is 2.21. The van der Waals surface area contributed by atoms with E-state index in [2.05, 4.69) is 9.97 Å². The normalized spacial score (nSPS) is 20.6. The van der Waals surface area contributed by atoms with Crippen LogP contribution in [0.5, 0.6) is 0 Å². The minimum absolute atomic E-state index is 0.465. The Bertz CT molecular complexity index is 363. The summed E-state index contributed by atoms with van der Waals surface area (Å²) >= 11 is 0. The monoisotopic (exact) mass is 207 g/mol. The van der Waals surface area contributed by atoms with E-state index in [1.165, 1.54) is 0 Å². The van der Waals surface area contributed by atoms with Gasteiger partial charge in [0.2, 0.25) is 5.95 Å². The van der Waals surface area contributed by atoms with Crippen LogP contribution in [0.25, 0.3) is 0 Å². The molecule has 2 heterocycles. The first kappa shape index (κ1) is 9.89. The SMILES string of the molecule is Cc1cnc(N2CCC[C@@H]2C(=O)O)nc1. The second-order valence-electron chi connectivity index (χ2n) is 3.75. The number of hydrogen-bond donors (Lipinski definition) is 1. The van der Waals surface area contributed by atoms with Gasteiger partial charge >= 0.3 is 5.97 Å². The van der Waals surface area contributed by atoms with Crippen molar-refractivity contribution in [2.75, 3.05) is 11.4 Å². The highest BCUT2D eigenvalue weighted by molar-refractivity contribution is 5.77. The van der Waals surface area contributed by atoms with Gasteiger partial charge in [0.1, 0.15) is 6.04 Å². The van der Waals surface area contributed by atoms with Crippen molar-refractivity contribution in [2.24, 2.45) is 0 Å². The van der Waals surface area contributed by atoms with Crippen LogP contribution in [0.4, 0.5) is 5.95 Å². The lowest BCUT2D eigenvalue weighted by atomic mass is 10.2. The molecule has 1 saturated heterocycles. The number of hydrogen-bond acceptors (Lipinski definition) is 4. The molecule has 0 spiro atoms. The average molecular weight is 207 g/mol. The van der Waals surface area contributed by atoms with E-state index in [9.17, 15) is 4.79 Å². The van der Waals surface area contributed by atoms with Gasteiger partial charge in [-0.25, -0.2) is 14.8 Å². The molecule has 0 amide bonds.